The average Bonchev–Trinajstić information content (AvgIpc) is 2.31. The molecule has 0 heterocycles. The molecule has 0 bridgehead atoms. The number of aliphatic hydroxyl groups excluding tert-OH is 1. The number of hydrogen-bond acceptors (Lipinski definition) is 2. The number of aliphatic hydroxyl groups is 1. The minimum Gasteiger partial charge on any atom is -0.396 e. The number of amides is 1. The third kappa shape index (κ3) is 3.68. The summed E-state index contributed by atoms with van der Waals surface area (Å²) in [4.78, 5) is 12.0. The van der Waals surface area contributed by atoms with Crippen LogP contribution in [0, 0.1) is 11.7 Å². The monoisotopic (exact) mass is 273 g/mol. The van der Waals surface area contributed by atoms with Gasteiger partial charge in [-0.05, 0) is 24.5 Å². The van der Waals surface area contributed by atoms with E-state index in [-0.39, 0.29) is 29.2 Å². The van der Waals surface area contributed by atoms with E-state index in [0.29, 0.717) is 6.42 Å². The number of rotatable bonds is 5. The first-order valence-corrected chi connectivity index (χ1v) is 6.21. The molecule has 2 N–H and O–H groups in total. The molecule has 5 heteroatoms. The number of hydrogen-bond donors (Lipinski definition) is 2. The van der Waals surface area contributed by atoms with Crippen molar-refractivity contribution in [3.05, 3.63) is 34.6 Å². The van der Waals surface area contributed by atoms with Gasteiger partial charge in [0.1, 0.15) is 5.82 Å². The van der Waals surface area contributed by atoms with Crippen molar-refractivity contribution in [1.82, 2.24) is 5.32 Å². The highest BCUT2D eigenvalue weighted by Crippen LogP contribution is 2.20. The summed E-state index contributed by atoms with van der Waals surface area (Å²) in [5.74, 6) is -0.868. The molecule has 0 aliphatic rings. The Morgan fingerprint density at radius 2 is 2.17 bits per heavy atom. The van der Waals surface area contributed by atoms with Gasteiger partial charge in [-0.15, -0.1) is 0 Å². The lowest BCUT2D eigenvalue weighted by atomic mass is 10.0. The summed E-state index contributed by atoms with van der Waals surface area (Å²) in [6.07, 6.45) is 0.455. The summed E-state index contributed by atoms with van der Waals surface area (Å²) in [5.41, 5.74) is 0.111. The van der Waals surface area contributed by atoms with Gasteiger partial charge in [0.15, 0.2) is 0 Å². The van der Waals surface area contributed by atoms with Crippen LogP contribution >= 0.6 is 11.6 Å². The van der Waals surface area contributed by atoms with Gasteiger partial charge >= 0.3 is 0 Å². The Kier molecular flexibility index (Phi) is 5.56. The standard InChI is InChI=1S/C13H17ClFNO2/c1-8(2)11(6-7-17)16-13(18)9-4-3-5-10(15)12(9)14/h3-5,8,11,17H,6-7H2,1-2H3,(H,16,18). The molecule has 1 aromatic rings. The van der Waals surface area contributed by atoms with Gasteiger partial charge in [-0.1, -0.05) is 31.5 Å². The molecule has 100 valence electrons. The van der Waals surface area contributed by atoms with Crippen LogP contribution in [0.2, 0.25) is 5.02 Å². The van der Waals surface area contributed by atoms with Crippen LogP contribution in [-0.4, -0.2) is 23.7 Å². The second kappa shape index (κ2) is 6.71. The zero-order valence-corrected chi connectivity index (χ0v) is 11.2. The van der Waals surface area contributed by atoms with Crippen molar-refractivity contribution in [2.24, 2.45) is 5.92 Å². The van der Waals surface area contributed by atoms with E-state index in [9.17, 15) is 9.18 Å². The minimum absolute atomic E-state index is 0.0139. The molecule has 0 fully saturated rings. The molecule has 3 nitrogen and oxygen atoms in total. The fourth-order valence-corrected chi connectivity index (χ4v) is 1.85. The molecule has 1 unspecified atom stereocenters. The molecular weight excluding hydrogens is 257 g/mol. The van der Waals surface area contributed by atoms with Crippen molar-refractivity contribution in [2.75, 3.05) is 6.61 Å². The van der Waals surface area contributed by atoms with Crippen molar-refractivity contribution in [3.8, 4) is 0 Å². The molecule has 0 saturated heterocycles. The molecule has 1 rings (SSSR count). The third-order valence-corrected chi connectivity index (χ3v) is 3.14. The Balaban J connectivity index is 2.84. The van der Waals surface area contributed by atoms with Crippen molar-refractivity contribution >= 4 is 17.5 Å². The van der Waals surface area contributed by atoms with Gasteiger partial charge in [-0.3, -0.25) is 4.79 Å². The van der Waals surface area contributed by atoms with E-state index in [0.717, 1.165) is 0 Å². The maximum absolute atomic E-state index is 13.2. The maximum atomic E-state index is 13.2. The van der Waals surface area contributed by atoms with Gasteiger partial charge in [0, 0.05) is 12.6 Å². The van der Waals surface area contributed by atoms with E-state index in [1.54, 1.807) is 0 Å². The normalized spacial score (nSPS) is 12.6. The van der Waals surface area contributed by atoms with Crippen LogP contribution in [0.25, 0.3) is 0 Å². The SMILES string of the molecule is CC(C)C(CCO)NC(=O)c1cccc(F)c1Cl. The minimum atomic E-state index is -0.618. The number of carbonyl (C=O) groups excluding carboxylic acids is 1. The summed E-state index contributed by atoms with van der Waals surface area (Å²) in [6.45, 7) is 3.86. The number of nitrogens with one attached hydrogen (secondary N) is 1. The summed E-state index contributed by atoms with van der Waals surface area (Å²) in [5, 5.41) is 11.5. The molecule has 18 heavy (non-hydrogen) atoms. The van der Waals surface area contributed by atoms with Crippen molar-refractivity contribution in [3.63, 3.8) is 0 Å². The van der Waals surface area contributed by atoms with E-state index in [1.165, 1.54) is 18.2 Å². The van der Waals surface area contributed by atoms with E-state index in [1.807, 2.05) is 13.8 Å². The zero-order chi connectivity index (χ0) is 13.7. The lowest BCUT2D eigenvalue weighted by Crippen LogP contribution is -2.39. The van der Waals surface area contributed by atoms with Gasteiger partial charge in [-0.2, -0.15) is 0 Å². The van der Waals surface area contributed by atoms with Gasteiger partial charge in [0.25, 0.3) is 5.91 Å². The molecular formula is C13H17ClFNO2. The Hall–Kier alpha value is -1.13. The van der Waals surface area contributed by atoms with Crippen LogP contribution in [0.4, 0.5) is 4.39 Å². The van der Waals surface area contributed by atoms with Crippen molar-refractivity contribution in [1.29, 1.82) is 0 Å². The Bertz CT molecular complexity index is 423. The molecule has 0 spiro atoms. The molecule has 0 radical (unpaired) electrons. The quantitative estimate of drug-likeness (QED) is 0.866. The smallest absolute Gasteiger partial charge is 0.253 e. The lowest BCUT2D eigenvalue weighted by Gasteiger charge is -2.21. The predicted molar refractivity (Wildman–Crippen MR) is 69.2 cm³/mol. The Morgan fingerprint density at radius 1 is 1.50 bits per heavy atom. The van der Waals surface area contributed by atoms with Crippen LogP contribution in [0.3, 0.4) is 0 Å². The highest BCUT2D eigenvalue weighted by Gasteiger charge is 2.19. The third-order valence-electron chi connectivity index (χ3n) is 2.76. The van der Waals surface area contributed by atoms with E-state index < -0.39 is 11.7 Å². The fraction of sp³-hybridized carbons (Fsp3) is 0.462. The van der Waals surface area contributed by atoms with Crippen LogP contribution < -0.4 is 5.32 Å². The second-order valence-electron chi connectivity index (χ2n) is 4.44. The van der Waals surface area contributed by atoms with Crippen LogP contribution in [0.5, 0.6) is 0 Å². The highest BCUT2D eigenvalue weighted by molar-refractivity contribution is 6.34. The highest BCUT2D eigenvalue weighted by atomic mass is 35.5. The van der Waals surface area contributed by atoms with Crippen molar-refractivity contribution in [2.45, 2.75) is 26.3 Å². The van der Waals surface area contributed by atoms with Crippen molar-refractivity contribution < 1.29 is 14.3 Å². The van der Waals surface area contributed by atoms with Crippen LogP contribution in [-0.2, 0) is 0 Å². The number of carbonyl (C=O) groups is 1. The molecule has 0 saturated carbocycles. The van der Waals surface area contributed by atoms with E-state index >= 15 is 0 Å². The lowest BCUT2D eigenvalue weighted by molar-refractivity contribution is 0.0916. The first kappa shape index (κ1) is 14.9. The maximum Gasteiger partial charge on any atom is 0.253 e. The Morgan fingerprint density at radius 3 is 2.72 bits per heavy atom. The summed E-state index contributed by atoms with van der Waals surface area (Å²) in [6, 6.07) is 3.94. The first-order valence-electron chi connectivity index (χ1n) is 5.83. The number of halogens is 2. The molecule has 0 aliphatic carbocycles. The summed E-state index contributed by atoms with van der Waals surface area (Å²) < 4.78 is 13.2. The fourth-order valence-electron chi connectivity index (χ4n) is 1.64. The largest absolute Gasteiger partial charge is 0.396 e. The van der Waals surface area contributed by atoms with Crippen LogP contribution in [0.15, 0.2) is 18.2 Å². The molecule has 0 aliphatic heterocycles. The van der Waals surface area contributed by atoms with Gasteiger partial charge in [-0.25, -0.2) is 4.39 Å². The molecule has 0 aromatic heterocycles. The first-order chi connectivity index (χ1) is 8.47. The van der Waals surface area contributed by atoms with Gasteiger partial charge in [0.05, 0.1) is 10.6 Å². The average molecular weight is 274 g/mol. The van der Waals surface area contributed by atoms with Gasteiger partial charge in [0.2, 0.25) is 0 Å². The molecule has 1 atom stereocenters. The molecule has 1 aromatic carbocycles. The topological polar surface area (TPSA) is 49.3 Å². The second-order valence-corrected chi connectivity index (χ2v) is 4.82. The van der Waals surface area contributed by atoms with Gasteiger partial charge < -0.3 is 10.4 Å². The zero-order valence-electron chi connectivity index (χ0n) is 10.4. The summed E-state index contributed by atoms with van der Waals surface area (Å²) >= 11 is 5.74. The van der Waals surface area contributed by atoms with E-state index in [2.05, 4.69) is 5.32 Å². The molecule has 1 amide bonds. The number of benzene rings is 1. The summed E-state index contributed by atoms with van der Waals surface area (Å²) in [7, 11) is 0. The van der Waals surface area contributed by atoms with Crippen LogP contribution in [0.1, 0.15) is 30.6 Å². The Labute approximate surface area is 111 Å². The predicted octanol–water partition coefficient (Wildman–Crippen LogP) is 2.62. The van der Waals surface area contributed by atoms with E-state index in [4.69, 9.17) is 16.7 Å².